The summed E-state index contributed by atoms with van der Waals surface area (Å²) in [5, 5.41) is 7.80. The zero-order valence-electron chi connectivity index (χ0n) is 9.93. The van der Waals surface area contributed by atoms with Crippen molar-refractivity contribution < 1.29 is 0 Å². The van der Waals surface area contributed by atoms with E-state index in [0.29, 0.717) is 6.04 Å². The lowest BCUT2D eigenvalue weighted by Crippen LogP contribution is -2.28. The van der Waals surface area contributed by atoms with E-state index in [9.17, 15) is 0 Å². The fraction of sp³-hybridized carbons (Fsp3) is 0.385. The van der Waals surface area contributed by atoms with Crippen LogP contribution in [0, 0.1) is 0 Å². The Morgan fingerprint density at radius 2 is 2.35 bits per heavy atom. The number of aromatic nitrogens is 3. The van der Waals surface area contributed by atoms with Gasteiger partial charge < -0.3 is 5.32 Å². The highest BCUT2D eigenvalue weighted by Gasteiger charge is 2.21. The molecule has 1 N–H and O–H groups in total. The largest absolute Gasteiger partial charge is 0.367 e. The SMILES string of the molecule is Cn1ncc2c1CC(Nc1ccccn1)CC2. The molecular formula is C13H16N4. The molecule has 1 aliphatic rings. The average Bonchev–Trinajstić information content (AvgIpc) is 2.73. The molecule has 3 rings (SSSR count). The van der Waals surface area contributed by atoms with E-state index < -0.39 is 0 Å². The summed E-state index contributed by atoms with van der Waals surface area (Å²) in [5.41, 5.74) is 2.75. The van der Waals surface area contributed by atoms with Gasteiger partial charge in [0.25, 0.3) is 0 Å². The summed E-state index contributed by atoms with van der Waals surface area (Å²) >= 11 is 0. The predicted octanol–water partition coefficient (Wildman–Crippen LogP) is 1.78. The summed E-state index contributed by atoms with van der Waals surface area (Å²) in [7, 11) is 2.02. The minimum absolute atomic E-state index is 0.466. The molecule has 0 amide bonds. The molecule has 0 saturated carbocycles. The van der Waals surface area contributed by atoms with Crippen molar-refractivity contribution in [3.63, 3.8) is 0 Å². The molecule has 0 aromatic carbocycles. The second-order valence-electron chi connectivity index (χ2n) is 4.54. The number of pyridine rings is 1. The highest BCUT2D eigenvalue weighted by molar-refractivity contribution is 5.36. The van der Waals surface area contributed by atoms with Crippen LogP contribution in [-0.4, -0.2) is 20.8 Å². The standard InChI is InChI=1S/C13H16N4/c1-17-12-8-11(6-5-10(12)9-15-17)16-13-4-2-3-7-14-13/h2-4,7,9,11H,5-6,8H2,1H3,(H,14,16). The maximum Gasteiger partial charge on any atom is 0.126 e. The van der Waals surface area contributed by atoms with Gasteiger partial charge in [-0.05, 0) is 30.5 Å². The molecular weight excluding hydrogens is 212 g/mol. The maximum atomic E-state index is 4.31. The van der Waals surface area contributed by atoms with Gasteiger partial charge in [-0.2, -0.15) is 5.10 Å². The van der Waals surface area contributed by atoms with E-state index in [0.717, 1.165) is 25.1 Å². The molecule has 2 aromatic rings. The van der Waals surface area contributed by atoms with E-state index in [1.165, 1.54) is 11.3 Å². The van der Waals surface area contributed by atoms with Gasteiger partial charge in [0.05, 0.1) is 6.20 Å². The van der Waals surface area contributed by atoms with Gasteiger partial charge in [0, 0.05) is 31.4 Å². The van der Waals surface area contributed by atoms with Crippen LogP contribution in [0.4, 0.5) is 5.82 Å². The van der Waals surface area contributed by atoms with E-state index in [-0.39, 0.29) is 0 Å². The second-order valence-corrected chi connectivity index (χ2v) is 4.54. The smallest absolute Gasteiger partial charge is 0.126 e. The summed E-state index contributed by atoms with van der Waals surface area (Å²) < 4.78 is 1.99. The van der Waals surface area contributed by atoms with Crippen molar-refractivity contribution in [3.8, 4) is 0 Å². The summed E-state index contributed by atoms with van der Waals surface area (Å²) in [6.07, 6.45) is 7.10. The first kappa shape index (κ1) is 10.3. The first-order valence-corrected chi connectivity index (χ1v) is 6.00. The molecule has 88 valence electrons. The van der Waals surface area contributed by atoms with Gasteiger partial charge in [0.1, 0.15) is 5.82 Å². The van der Waals surface area contributed by atoms with Crippen molar-refractivity contribution in [1.29, 1.82) is 0 Å². The average molecular weight is 228 g/mol. The Hall–Kier alpha value is -1.84. The fourth-order valence-electron chi connectivity index (χ4n) is 2.43. The first-order chi connectivity index (χ1) is 8.33. The van der Waals surface area contributed by atoms with Crippen LogP contribution in [0.5, 0.6) is 0 Å². The van der Waals surface area contributed by atoms with E-state index in [1.54, 1.807) is 0 Å². The van der Waals surface area contributed by atoms with E-state index in [1.807, 2.05) is 42.3 Å². The van der Waals surface area contributed by atoms with Crippen LogP contribution in [0.2, 0.25) is 0 Å². The Labute approximate surface area is 101 Å². The molecule has 0 saturated heterocycles. The Morgan fingerprint density at radius 3 is 3.18 bits per heavy atom. The van der Waals surface area contributed by atoms with E-state index in [4.69, 9.17) is 0 Å². The van der Waals surface area contributed by atoms with Gasteiger partial charge >= 0.3 is 0 Å². The van der Waals surface area contributed by atoms with Crippen molar-refractivity contribution in [1.82, 2.24) is 14.8 Å². The molecule has 4 heteroatoms. The van der Waals surface area contributed by atoms with E-state index in [2.05, 4.69) is 15.4 Å². The van der Waals surface area contributed by atoms with Crippen molar-refractivity contribution in [2.75, 3.05) is 5.32 Å². The number of nitrogens with zero attached hydrogens (tertiary/aromatic N) is 3. The van der Waals surface area contributed by atoms with Crippen LogP contribution in [0.15, 0.2) is 30.6 Å². The van der Waals surface area contributed by atoms with Crippen molar-refractivity contribution >= 4 is 5.82 Å². The third kappa shape index (κ3) is 2.02. The normalized spacial score (nSPS) is 18.8. The lowest BCUT2D eigenvalue weighted by Gasteiger charge is -2.24. The third-order valence-corrected chi connectivity index (χ3v) is 3.37. The van der Waals surface area contributed by atoms with Gasteiger partial charge in [0.15, 0.2) is 0 Å². The van der Waals surface area contributed by atoms with Gasteiger partial charge in [-0.15, -0.1) is 0 Å². The Bertz CT molecular complexity index is 503. The molecule has 0 aliphatic heterocycles. The highest BCUT2D eigenvalue weighted by atomic mass is 15.3. The number of fused-ring (bicyclic) bond motifs is 1. The summed E-state index contributed by atoms with van der Waals surface area (Å²) in [4.78, 5) is 4.31. The zero-order chi connectivity index (χ0) is 11.7. The third-order valence-electron chi connectivity index (χ3n) is 3.37. The Morgan fingerprint density at radius 1 is 1.41 bits per heavy atom. The zero-order valence-corrected chi connectivity index (χ0v) is 9.93. The number of nitrogens with one attached hydrogen (secondary N) is 1. The molecule has 2 aromatic heterocycles. The highest BCUT2D eigenvalue weighted by Crippen LogP contribution is 2.22. The molecule has 2 heterocycles. The number of anilines is 1. The molecule has 1 aliphatic carbocycles. The Kier molecular flexibility index (Phi) is 2.55. The second kappa shape index (κ2) is 4.20. The van der Waals surface area contributed by atoms with Gasteiger partial charge in [0.2, 0.25) is 0 Å². The van der Waals surface area contributed by atoms with Gasteiger partial charge in [-0.1, -0.05) is 6.07 Å². The van der Waals surface area contributed by atoms with E-state index >= 15 is 0 Å². The molecule has 1 atom stereocenters. The topological polar surface area (TPSA) is 42.7 Å². The number of hydrogen-bond donors (Lipinski definition) is 1. The van der Waals surface area contributed by atoms with Crippen LogP contribution in [0.3, 0.4) is 0 Å². The first-order valence-electron chi connectivity index (χ1n) is 6.00. The van der Waals surface area contributed by atoms with Gasteiger partial charge in [-0.3, -0.25) is 4.68 Å². The molecule has 1 unspecified atom stereocenters. The molecule has 0 spiro atoms. The van der Waals surface area contributed by atoms with Crippen LogP contribution < -0.4 is 5.32 Å². The van der Waals surface area contributed by atoms with Crippen molar-refractivity contribution in [2.45, 2.75) is 25.3 Å². The minimum atomic E-state index is 0.466. The van der Waals surface area contributed by atoms with Crippen LogP contribution >= 0.6 is 0 Å². The lowest BCUT2D eigenvalue weighted by atomic mass is 9.93. The summed E-state index contributed by atoms with van der Waals surface area (Å²) in [5.74, 6) is 0.961. The van der Waals surface area contributed by atoms with Crippen molar-refractivity contribution in [3.05, 3.63) is 41.9 Å². The van der Waals surface area contributed by atoms with Crippen molar-refractivity contribution in [2.24, 2.45) is 7.05 Å². The molecule has 4 nitrogen and oxygen atoms in total. The quantitative estimate of drug-likeness (QED) is 0.852. The lowest BCUT2D eigenvalue weighted by molar-refractivity contribution is 0.573. The van der Waals surface area contributed by atoms with Crippen LogP contribution in [0.25, 0.3) is 0 Å². The minimum Gasteiger partial charge on any atom is -0.367 e. The number of hydrogen-bond acceptors (Lipinski definition) is 3. The summed E-state index contributed by atoms with van der Waals surface area (Å²) in [6, 6.07) is 6.42. The maximum absolute atomic E-state index is 4.31. The predicted molar refractivity (Wildman–Crippen MR) is 66.9 cm³/mol. The van der Waals surface area contributed by atoms with Crippen LogP contribution in [-0.2, 0) is 19.9 Å². The molecule has 0 bridgehead atoms. The monoisotopic (exact) mass is 228 g/mol. The molecule has 17 heavy (non-hydrogen) atoms. The number of rotatable bonds is 2. The van der Waals surface area contributed by atoms with Crippen LogP contribution in [0.1, 0.15) is 17.7 Å². The summed E-state index contributed by atoms with van der Waals surface area (Å²) in [6.45, 7) is 0. The molecule has 0 radical (unpaired) electrons. The fourth-order valence-corrected chi connectivity index (χ4v) is 2.43. The van der Waals surface area contributed by atoms with Gasteiger partial charge in [-0.25, -0.2) is 4.98 Å². The molecule has 0 fully saturated rings. The Balaban J connectivity index is 1.74. The number of aryl methyl sites for hydroxylation is 2.